The molecule has 5 N–H and O–H groups in total. The Balaban J connectivity index is 2.15. The zero-order valence-corrected chi connectivity index (χ0v) is 12.3. The number of amides is 1. The van der Waals surface area contributed by atoms with E-state index in [9.17, 15) is 9.90 Å². The van der Waals surface area contributed by atoms with Gasteiger partial charge in [0.1, 0.15) is 5.82 Å². The molecule has 1 saturated carbocycles. The molecule has 1 fully saturated rings. The minimum Gasteiger partial charge on any atom is -0.393 e. The minimum absolute atomic E-state index is 0.0979. The number of rotatable bonds is 6. The number of aromatic nitrogens is 2. The minimum atomic E-state index is -0.559. The highest BCUT2D eigenvalue weighted by Gasteiger charge is 2.22. The molecule has 116 valence electrons. The van der Waals surface area contributed by atoms with E-state index < -0.39 is 5.91 Å². The van der Waals surface area contributed by atoms with Crippen LogP contribution in [-0.4, -0.2) is 39.7 Å². The third-order valence-corrected chi connectivity index (χ3v) is 3.57. The van der Waals surface area contributed by atoms with Gasteiger partial charge in [-0.1, -0.05) is 6.92 Å². The Morgan fingerprint density at radius 1 is 1.52 bits per heavy atom. The maximum absolute atomic E-state index is 11.5. The molecule has 7 heteroatoms. The number of nitrogens with one attached hydrogen (secondary N) is 2. The van der Waals surface area contributed by atoms with Gasteiger partial charge in [0.25, 0.3) is 5.91 Å². The van der Waals surface area contributed by atoms with E-state index >= 15 is 0 Å². The molecular weight excluding hydrogens is 270 g/mol. The third kappa shape index (κ3) is 4.29. The molecule has 1 aromatic heterocycles. The molecule has 7 nitrogen and oxygen atoms in total. The molecule has 0 radical (unpaired) electrons. The summed E-state index contributed by atoms with van der Waals surface area (Å²) in [7, 11) is 0. The number of hydrogen-bond donors (Lipinski definition) is 4. The number of nitrogens with zero attached hydrogens (tertiary/aromatic N) is 2. The van der Waals surface area contributed by atoms with Crippen molar-refractivity contribution in [3.63, 3.8) is 0 Å². The summed E-state index contributed by atoms with van der Waals surface area (Å²) in [6.45, 7) is 2.81. The SMILES string of the molecule is CCCNc1ncc(C(N)=O)c(NC2CCCC(O)C2)n1. The van der Waals surface area contributed by atoms with Gasteiger partial charge in [-0.05, 0) is 32.1 Å². The van der Waals surface area contributed by atoms with Gasteiger partial charge < -0.3 is 21.5 Å². The molecular formula is C14H23N5O2. The Bertz CT molecular complexity index is 494. The Hall–Kier alpha value is -1.89. The van der Waals surface area contributed by atoms with Crippen molar-refractivity contribution in [1.29, 1.82) is 0 Å². The van der Waals surface area contributed by atoms with Crippen LogP contribution in [0.25, 0.3) is 0 Å². The fourth-order valence-corrected chi connectivity index (χ4v) is 2.48. The van der Waals surface area contributed by atoms with Gasteiger partial charge >= 0.3 is 0 Å². The molecule has 0 bridgehead atoms. The number of primary amides is 1. The van der Waals surface area contributed by atoms with E-state index in [2.05, 4.69) is 20.6 Å². The van der Waals surface area contributed by atoms with Crippen molar-refractivity contribution in [3.05, 3.63) is 11.8 Å². The highest BCUT2D eigenvalue weighted by Crippen LogP contribution is 2.23. The van der Waals surface area contributed by atoms with Gasteiger partial charge in [0.2, 0.25) is 5.95 Å². The molecule has 21 heavy (non-hydrogen) atoms. The van der Waals surface area contributed by atoms with Gasteiger partial charge in [0.15, 0.2) is 0 Å². The predicted molar refractivity (Wildman–Crippen MR) is 81.2 cm³/mol. The second-order valence-electron chi connectivity index (χ2n) is 5.41. The van der Waals surface area contributed by atoms with Crippen LogP contribution in [-0.2, 0) is 0 Å². The number of carbonyl (C=O) groups excluding carboxylic acids is 1. The van der Waals surface area contributed by atoms with Crippen molar-refractivity contribution in [1.82, 2.24) is 9.97 Å². The summed E-state index contributed by atoms with van der Waals surface area (Å²) in [5, 5.41) is 16.0. The zero-order valence-electron chi connectivity index (χ0n) is 12.3. The van der Waals surface area contributed by atoms with Crippen molar-refractivity contribution in [2.24, 2.45) is 5.73 Å². The van der Waals surface area contributed by atoms with E-state index in [1.54, 1.807) is 0 Å². The summed E-state index contributed by atoms with van der Waals surface area (Å²) < 4.78 is 0. The first kappa shape index (κ1) is 15.5. The molecule has 2 unspecified atom stereocenters. The van der Waals surface area contributed by atoms with E-state index in [1.807, 2.05) is 6.92 Å². The number of aliphatic hydroxyl groups is 1. The molecule has 0 aliphatic heterocycles. The van der Waals surface area contributed by atoms with Crippen LogP contribution in [0.1, 0.15) is 49.4 Å². The Kier molecular flexibility index (Phi) is 5.32. The maximum atomic E-state index is 11.5. The summed E-state index contributed by atoms with van der Waals surface area (Å²) in [6.07, 6.45) is 5.47. The van der Waals surface area contributed by atoms with E-state index in [-0.39, 0.29) is 17.7 Å². The maximum Gasteiger partial charge on any atom is 0.254 e. The highest BCUT2D eigenvalue weighted by atomic mass is 16.3. The summed E-state index contributed by atoms with van der Waals surface area (Å²) >= 11 is 0. The number of nitrogens with two attached hydrogens (primary N) is 1. The summed E-state index contributed by atoms with van der Waals surface area (Å²) in [6, 6.07) is 0.0979. The summed E-state index contributed by atoms with van der Waals surface area (Å²) in [5.74, 6) is 0.354. The average molecular weight is 293 g/mol. The van der Waals surface area contributed by atoms with Crippen molar-refractivity contribution in [2.75, 3.05) is 17.2 Å². The number of carbonyl (C=O) groups is 1. The lowest BCUT2D eigenvalue weighted by molar-refractivity contribution is 0.100. The average Bonchev–Trinajstić information content (AvgIpc) is 2.45. The first-order valence-corrected chi connectivity index (χ1v) is 7.45. The topological polar surface area (TPSA) is 113 Å². The second kappa shape index (κ2) is 7.21. The molecule has 2 rings (SSSR count). The fraction of sp³-hybridized carbons (Fsp3) is 0.643. The smallest absolute Gasteiger partial charge is 0.254 e. The van der Waals surface area contributed by atoms with Crippen LogP contribution in [0.4, 0.5) is 11.8 Å². The number of hydrogen-bond acceptors (Lipinski definition) is 6. The largest absolute Gasteiger partial charge is 0.393 e. The van der Waals surface area contributed by atoms with Gasteiger partial charge in [-0.25, -0.2) is 4.98 Å². The lowest BCUT2D eigenvalue weighted by atomic mass is 9.93. The van der Waals surface area contributed by atoms with E-state index in [1.165, 1.54) is 6.20 Å². The highest BCUT2D eigenvalue weighted by molar-refractivity contribution is 5.97. The monoisotopic (exact) mass is 293 g/mol. The summed E-state index contributed by atoms with van der Waals surface area (Å²) in [4.78, 5) is 19.9. The van der Waals surface area contributed by atoms with Crippen molar-refractivity contribution >= 4 is 17.7 Å². The van der Waals surface area contributed by atoms with Crippen LogP contribution >= 0.6 is 0 Å². The second-order valence-corrected chi connectivity index (χ2v) is 5.41. The predicted octanol–water partition coefficient (Wildman–Crippen LogP) is 1.11. The van der Waals surface area contributed by atoms with Crippen molar-refractivity contribution < 1.29 is 9.90 Å². The van der Waals surface area contributed by atoms with Crippen LogP contribution < -0.4 is 16.4 Å². The molecule has 1 aliphatic rings. The van der Waals surface area contributed by atoms with Gasteiger partial charge in [0.05, 0.1) is 11.7 Å². The first-order chi connectivity index (χ1) is 10.1. The van der Waals surface area contributed by atoms with Crippen LogP contribution in [0, 0.1) is 0 Å². The van der Waals surface area contributed by atoms with Crippen molar-refractivity contribution in [2.45, 2.75) is 51.2 Å². The van der Waals surface area contributed by atoms with Crippen LogP contribution in [0.5, 0.6) is 0 Å². The first-order valence-electron chi connectivity index (χ1n) is 7.45. The van der Waals surface area contributed by atoms with Gasteiger partial charge in [0, 0.05) is 18.8 Å². The van der Waals surface area contributed by atoms with Gasteiger partial charge in [-0.15, -0.1) is 0 Å². The lowest BCUT2D eigenvalue weighted by Gasteiger charge is -2.27. The Labute approximate surface area is 124 Å². The Morgan fingerprint density at radius 2 is 2.33 bits per heavy atom. The number of anilines is 2. The van der Waals surface area contributed by atoms with Crippen LogP contribution in [0.15, 0.2) is 6.20 Å². The third-order valence-electron chi connectivity index (χ3n) is 3.57. The molecule has 0 saturated heterocycles. The standard InChI is InChI=1S/C14H23N5O2/c1-2-6-16-14-17-8-11(12(15)21)13(19-14)18-9-4-3-5-10(20)7-9/h8-10,20H,2-7H2,1H3,(H2,15,21)(H2,16,17,18,19). The lowest BCUT2D eigenvalue weighted by Crippen LogP contribution is -2.31. The van der Waals surface area contributed by atoms with E-state index in [4.69, 9.17) is 5.73 Å². The van der Waals surface area contributed by atoms with Gasteiger partial charge in [-0.2, -0.15) is 4.98 Å². The van der Waals surface area contributed by atoms with Crippen LogP contribution in [0.3, 0.4) is 0 Å². The van der Waals surface area contributed by atoms with Crippen molar-refractivity contribution in [3.8, 4) is 0 Å². The molecule has 0 aromatic carbocycles. The van der Waals surface area contributed by atoms with Crippen LogP contribution in [0.2, 0.25) is 0 Å². The van der Waals surface area contributed by atoms with E-state index in [0.717, 1.165) is 32.2 Å². The number of aliphatic hydroxyl groups excluding tert-OH is 1. The molecule has 0 spiro atoms. The summed E-state index contributed by atoms with van der Waals surface area (Å²) in [5.41, 5.74) is 5.64. The Morgan fingerprint density at radius 3 is 3.00 bits per heavy atom. The molecule has 1 amide bonds. The van der Waals surface area contributed by atoms with E-state index in [0.29, 0.717) is 18.2 Å². The van der Waals surface area contributed by atoms with Gasteiger partial charge in [-0.3, -0.25) is 4.79 Å². The molecule has 1 heterocycles. The zero-order chi connectivity index (χ0) is 15.2. The fourth-order valence-electron chi connectivity index (χ4n) is 2.48. The normalized spacial score (nSPS) is 21.8. The quantitative estimate of drug-likeness (QED) is 0.625. The molecule has 1 aliphatic carbocycles. The molecule has 1 aromatic rings. The molecule has 2 atom stereocenters.